The minimum Gasteiger partial charge on any atom is -0.486 e. The Bertz CT molecular complexity index is 1430. The van der Waals surface area contributed by atoms with E-state index in [0.717, 1.165) is 0 Å². The standard InChI is InChI=1S/C23H28N6O5S/c1-13-10-33-11-15-12-34-18-19(23(3,4)35(5,31)32)26-22(27-20(18)28(13)15)29-17-9-7-6-8-16(17)25-21(29)24-14(2)30/h6-9,13,15H,10-12H2,1-5H3,(H,24,25,30)/t13-,15?/m1/s1. The molecule has 0 bridgehead atoms. The highest BCUT2D eigenvalue weighted by Gasteiger charge is 2.44. The van der Waals surface area contributed by atoms with Gasteiger partial charge >= 0.3 is 0 Å². The van der Waals surface area contributed by atoms with Crippen molar-refractivity contribution in [3.05, 3.63) is 30.0 Å². The number of nitrogens with one attached hydrogen (secondary N) is 1. The molecule has 1 amide bonds. The summed E-state index contributed by atoms with van der Waals surface area (Å²) < 4.78 is 37.8. The van der Waals surface area contributed by atoms with Crippen molar-refractivity contribution >= 4 is 38.5 Å². The summed E-state index contributed by atoms with van der Waals surface area (Å²) in [5, 5.41) is 2.74. The molecule has 12 heteroatoms. The third-order valence-corrected chi connectivity index (χ3v) is 8.63. The van der Waals surface area contributed by atoms with Crippen LogP contribution in [0.2, 0.25) is 0 Å². The van der Waals surface area contributed by atoms with Gasteiger partial charge in [0.1, 0.15) is 17.0 Å². The molecule has 1 saturated heterocycles. The zero-order valence-electron chi connectivity index (χ0n) is 20.3. The molecule has 3 aromatic rings. The number of hydrogen-bond acceptors (Lipinski definition) is 9. The predicted octanol–water partition coefficient (Wildman–Crippen LogP) is 2.04. The smallest absolute Gasteiger partial charge is 0.239 e. The molecule has 2 atom stereocenters. The van der Waals surface area contributed by atoms with Gasteiger partial charge in [0.2, 0.25) is 17.8 Å². The zero-order chi connectivity index (χ0) is 25.1. The lowest BCUT2D eigenvalue weighted by Gasteiger charge is -2.45. The van der Waals surface area contributed by atoms with Crippen LogP contribution in [0.4, 0.5) is 11.8 Å². The number of fused-ring (bicyclic) bond motifs is 4. The summed E-state index contributed by atoms with van der Waals surface area (Å²) in [5.41, 5.74) is 1.56. The van der Waals surface area contributed by atoms with Gasteiger partial charge in [-0.3, -0.25) is 10.1 Å². The Morgan fingerprint density at radius 1 is 1.14 bits per heavy atom. The number of ether oxygens (including phenoxy) is 2. The molecule has 186 valence electrons. The topological polar surface area (TPSA) is 129 Å². The number of anilines is 2. The van der Waals surface area contributed by atoms with Gasteiger partial charge in [-0.15, -0.1) is 0 Å². The van der Waals surface area contributed by atoms with Crippen LogP contribution >= 0.6 is 0 Å². The van der Waals surface area contributed by atoms with Crippen LogP contribution in [0.25, 0.3) is 17.0 Å². The first-order valence-corrected chi connectivity index (χ1v) is 13.2. The maximum absolute atomic E-state index is 12.9. The first kappa shape index (κ1) is 23.5. The number of carbonyl (C=O) groups excluding carboxylic acids is 1. The number of nitrogens with zero attached hydrogens (tertiary/aromatic N) is 5. The molecule has 1 unspecified atom stereocenters. The fourth-order valence-electron chi connectivity index (χ4n) is 4.47. The van der Waals surface area contributed by atoms with Gasteiger partial charge in [-0.1, -0.05) is 12.1 Å². The van der Waals surface area contributed by atoms with Crippen LogP contribution in [0.3, 0.4) is 0 Å². The molecule has 4 heterocycles. The highest BCUT2D eigenvalue weighted by atomic mass is 32.2. The van der Waals surface area contributed by atoms with E-state index in [4.69, 9.17) is 19.4 Å². The van der Waals surface area contributed by atoms with Crippen molar-refractivity contribution in [2.24, 2.45) is 0 Å². The lowest BCUT2D eigenvalue weighted by atomic mass is 10.0. The van der Waals surface area contributed by atoms with Crippen molar-refractivity contribution in [3.8, 4) is 11.7 Å². The molecule has 1 aromatic carbocycles. The number of aromatic nitrogens is 4. The lowest BCUT2D eigenvalue weighted by Crippen LogP contribution is -2.56. The van der Waals surface area contributed by atoms with E-state index in [2.05, 4.69) is 15.2 Å². The van der Waals surface area contributed by atoms with Crippen LogP contribution in [0.1, 0.15) is 33.4 Å². The highest BCUT2D eigenvalue weighted by Crippen LogP contribution is 2.44. The molecular formula is C23H28N6O5S. The zero-order valence-corrected chi connectivity index (χ0v) is 21.1. The number of amides is 1. The van der Waals surface area contributed by atoms with Gasteiger partial charge in [0.15, 0.2) is 21.4 Å². The molecule has 0 radical (unpaired) electrons. The average Bonchev–Trinajstić information content (AvgIpc) is 3.14. The van der Waals surface area contributed by atoms with Crippen molar-refractivity contribution < 1.29 is 22.7 Å². The van der Waals surface area contributed by atoms with Crippen molar-refractivity contribution in [1.29, 1.82) is 0 Å². The molecule has 11 nitrogen and oxygen atoms in total. The molecule has 0 saturated carbocycles. The molecule has 2 aromatic heterocycles. The van der Waals surface area contributed by atoms with E-state index < -0.39 is 14.6 Å². The third kappa shape index (κ3) is 3.80. The van der Waals surface area contributed by atoms with Gasteiger partial charge in [-0.25, -0.2) is 23.0 Å². The van der Waals surface area contributed by atoms with E-state index in [-0.39, 0.29) is 35.6 Å². The minimum atomic E-state index is -3.60. The number of para-hydroxylation sites is 2. The van der Waals surface area contributed by atoms with Crippen molar-refractivity contribution in [3.63, 3.8) is 0 Å². The van der Waals surface area contributed by atoms with Crippen molar-refractivity contribution in [2.75, 3.05) is 36.3 Å². The van der Waals surface area contributed by atoms with Crippen LogP contribution in [0, 0.1) is 0 Å². The summed E-state index contributed by atoms with van der Waals surface area (Å²) in [6.07, 6.45) is 1.18. The van der Waals surface area contributed by atoms with E-state index in [1.807, 2.05) is 31.2 Å². The molecule has 2 aliphatic rings. The number of morpholine rings is 1. The van der Waals surface area contributed by atoms with E-state index in [1.54, 1.807) is 18.4 Å². The second-order valence-corrected chi connectivity index (χ2v) is 12.1. The first-order chi connectivity index (χ1) is 16.5. The Hall–Kier alpha value is -3.25. The summed E-state index contributed by atoms with van der Waals surface area (Å²) in [5.74, 6) is 0.974. The number of carbonyl (C=O) groups is 1. The quantitative estimate of drug-likeness (QED) is 0.572. The number of hydrogen-bond donors (Lipinski definition) is 1. The van der Waals surface area contributed by atoms with Gasteiger partial charge in [-0.05, 0) is 32.9 Å². The number of sulfone groups is 1. The summed E-state index contributed by atoms with van der Waals surface area (Å²) in [6.45, 7) is 7.94. The summed E-state index contributed by atoms with van der Waals surface area (Å²) >= 11 is 0. The second-order valence-electron chi connectivity index (χ2n) is 9.51. The third-order valence-electron chi connectivity index (χ3n) is 6.58. The van der Waals surface area contributed by atoms with Gasteiger partial charge < -0.3 is 14.4 Å². The largest absolute Gasteiger partial charge is 0.486 e. The Morgan fingerprint density at radius 3 is 2.60 bits per heavy atom. The first-order valence-electron chi connectivity index (χ1n) is 11.4. The summed E-state index contributed by atoms with van der Waals surface area (Å²) in [4.78, 5) is 28.3. The normalized spacial score (nSPS) is 20.2. The van der Waals surface area contributed by atoms with Crippen LogP contribution in [0.5, 0.6) is 5.75 Å². The van der Waals surface area contributed by atoms with Crippen molar-refractivity contribution in [2.45, 2.75) is 44.5 Å². The van der Waals surface area contributed by atoms with Gasteiger partial charge in [0.25, 0.3) is 0 Å². The molecular weight excluding hydrogens is 472 g/mol. The minimum absolute atomic E-state index is 0.0114. The van der Waals surface area contributed by atoms with Gasteiger partial charge in [0.05, 0.1) is 36.3 Å². The lowest BCUT2D eigenvalue weighted by molar-refractivity contribution is -0.114. The van der Waals surface area contributed by atoms with E-state index in [0.29, 0.717) is 42.4 Å². The van der Waals surface area contributed by atoms with Crippen LogP contribution < -0.4 is 15.0 Å². The molecule has 35 heavy (non-hydrogen) atoms. The monoisotopic (exact) mass is 500 g/mol. The fourth-order valence-corrected chi connectivity index (χ4v) is 4.96. The predicted molar refractivity (Wildman–Crippen MR) is 131 cm³/mol. The van der Waals surface area contributed by atoms with E-state index in [9.17, 15) is 13.2 Å². The van der Waals surface area contributed by atoms with E-state index in [1.165, 1.54) is 13.2 Å². The second kappa shape index (κ2) is 8.16. The Morgan fingerprint density at radius 2 is 1.89 bits per heavy atom. The molecule has 5 rings (SSSR count). The number of imidazole rings is 1. The van der Waals surface area contributed by atoms with Crippen LogP contribution in [0.15, 0.2) is 24.3 Å². The Balaban J connectivity index is 1.83. The van der Waals surface area contributed by atoms with Crippen LogP contribution in [-0.4, -0.2) is 72.0 Å². The fraction of sp³-hybridized carbons (Fsp3) is 0.478. The summed E-state index contributed by atoms with van der Waals surface area (Å²) in [6, 6.07) is 7.27. The maximum Gasteiger partial charge on any atom is 0.239 e. The number of rotatable bonds is 4. The maximum atomic E-state index is 12.9. The molecule has 1 fully saturated rings. The van der Waals surface area contributed by atoms with Gasteiger partial charge in [-0.2, -0.15) is 4.98 Å². The average molecular weight is 501 g/mol. The molecule has 1 N–H and O–H groups in total. The van der Waals surface area contributed by atoms with Gasteiger partial charge in [0, 0.05) is 13.2 Å². The molecule has 0 aliphatic carbocycles. The number of benzene rings is 1. The van der Waals surface area contributed by atoms with Crippen molar-refractivity contribution in [1.82, 2.24) is 19.5 Å². The molecule has 0 spiro atoms. The SMILES string of the molecule is CC(=O)Nc1nc2ccccc2n1-c1nc2c(c(C(C)(C)S(C)(=O)=O)n1)OCC1COC[C@@H](C)N21. The van der Waals surface area contributed by atoms with E-state index >= 15 is 0 Å². The van der Waals surface area contributed by atoms with Crippen LogP contribution in [-0.2, 0) is 24.1 Å². The Labute approximate surface area is 203 Å². The summed E-state index contributed by atoms with van der Waals surface area (Å²) in [7, 11) is -3.60. The highest BCUT2D eigenvalue weighted by molar-refractivity contribution is 7.91. The molecule has 2 aliphatic heterocycles. The Kier molecular flexibility index (Phi) is 5.48.